The van der Waals surface area contributed by atoms with Crippen LogP contribution in [-0.4, -0.2) is 15.2 Å². The lowest BCUT2D eigenvalue weighted by Crippen LogP contribution is -1.97. The number of aliphatic hydroxyl groups is 1. The predicted molar refractivity (Wildman–Crippen MR) is 54.9 cm³/mol. The van der Waals surface area contributed by atoms with Gasteiger partial charge in [0, 0.05) is 0 Å². The monoisotopic (exact) mass is 240 g/mol. The summed E-state index contributed by atoms with van der Waals surface area (Å²) in [6.07, 6.45) is -0.513. The molecule has 0 aliphatic rings. The van der Waals surface area contributed by atoms with Crippen molar-refractivity contribution in [2.24, 2.45) is 0 Å². The molecule has 0 saturated carbocycles. The highest BCUT2D eigenvalue weighted by Gasteiger charge is 2.20. The molecule has 17 heavy (non-hydrogen) atoms. The maximum Gasteiger partial charge on any atom is 0.263 e. The molecule has 2 rings (SSSR count). The number of halogens is 2. The molecule has 0 amide bonds. The van der Waals surface area contributed by atoms with E-state index in [1.54, 1.807) is 6.92 Å². The van der Waals surface area contributed by atoms with Gasteiger partial charge in [-0.25, -0.2) is 8.78 Å². The third-order valence-corrected chi connectivity index (χ3v) is 2.30. The SMILES string of the molecule is CCC(O)c1noc(-c2c(F)cccc2F)n1. The van der Waals surface area contributed by atoms with Crippen LogP contribution < -0.4 is 0 Å². The van der Waals surface area contributed by atoms with Crippen LogP contribution in [0.3, 0.4) is 0 Å². The van der Waals surface area contributed by atoms with Gasteiger partial charge in [-0.2, -0.15) is 4.98 Å². The van der Waals surface area contributed by atoms with Crippen molar-refractivity contribution in [2.75, 3.05) is 0 Å². The highest BCUT2D eigenvalue weighted by molar-refractivity contribution is 5.54. The summed E-state index contributed by atoms with van der Waals surface area (Å²) in [5.74, 6) is -1.83. The Bertz CT molecular complexity index is 508. The van der Waals surface area contributed by atoms with Crippen LogP contribution in [0.15, 0.2) is 22.7 Å². The minimum atomic E-state index is -0.901. The summed E-state index contributed by atoms with van der Waals surface area (Å²) in [5, 5.41) is 12.9. The van der Waals surface area contributed by atoms with E-state index in [-0.39, 0.29) is 17.3 Å². The number of nitrogens with zero attached hydrogens (tertiary/aromatic N) is 2. The van der Waals surface area contributed by atoms with E-state index in [9.17, 15) is 13.9 Å². The van der Waals surface area contributed by atoms with Crippen LogP contribution in [0, 0.1) is 11.6 Å². The molecule has 1 aromatic heterocycles. The fourth-order valence-electron chi connectivity index (χ4n) is 1.36. The van der Waals surface area contributed by atoms with Crippen molar-refractivity contribution in [3.8, 4) is 11.5 Å². The van der Waals surface area contributed by atoms with Gasteiger partial charge in [-0.15, -0.1) is 0 Å². The molecule has 0 aliphatic heterocycles. The van der Waals surface area contributed by atoms with Gasteiger partial charge in [0.25, 0.3) is 5.89 Å². The Labute approximate surface area is 95.9 Å². The molecule has 0 radical (unpaired) electrons. The molecule has 1 aromatic carbocycles. The fraction of sp³-hybridized carbons (Fsp3) is 0.273. The van der Waals surface area contributed by atoms with Crippen LogP contribution in [0.25, 0.3) is 11.5 Å². The number of hydrogen-bond donors (Lipinski definition) is 1. The van der Waals surface area contributed by atoms with E-state index in [4.69, 9.17) is 4.52 Å². The zero-order valence-electron chi connectivity index (χ0n) is 9.02. The second kappa shape index (κ2) is 4.58. The van der Waals surface area contributed by atoms with E-state index in [1.165, 1.54) is 6.07 Å². The van der Waals surface area contributed by atoms with E-state index in [0.29, 0.717) is 6.42 Å². The van der Waals surface area contributed by atoms with Gasteiger partial charge in [0.2, 0.25) is 5.82 Å². The number of rotatable bonds is 3. The molecule has 1 unspecified atom stereocenters. The first-order valence-corrected chi connectivity index (χ1v) is 5.09. The van der Waals surface area contributed by atoms with Gasteiger partial charge in [-0.1, -0.05) is 18.1 Å². The second-order valence-electron chi connectivity index (χ2n) is 3.48. The largest absolute Gasteiger partial charge is 0.385 e. The van der Waals surface area contributed by atoms with Crippen molar-refractivity contribution in [1.82, 2.24) is 10.1 Å². The highest BCUT2D eigenvalue weighted by Crippen LogP contribution is 2.25. The first-order valence-electron chi connectivity index (χ1n) is 5.09. The lowest BCUT2D eigenvalue weighted by molar-refractivity contribution is 0.159. The normalized spacial score (nSPS) is 12.7. The molecular weight excluding hydrogens is 230 g/mol. The molecular formula is C11H10F2N2O2. The summed E-state index contributed by atoms with van der Waals surface area (Å²) in [6, 6.07) is 3.43. The molecule has 1 atom stereocenters. The van der Waals surface area contributed by atoms with E-state index in [1.807, 2.05) is 0 Å². The van der Waals surface area contributed by atoms with Gasteiger partial charge in [-0.05, 0) is 18.6 Å². The summed E-state index contributed by atoms with van der Waals surface area (Å²) in [4.78, 5) is 3.77. The van der Waals surface area contributed by atoms with Crippen LogP contribution >= 0.6 is 0 Å². The molecule has 0 aliphatic carbocycles. The van der Waals surface area contributed by atoms with Crippen LogP contribution in [0.1, 0.15) is 25.3 Å². The third kappa shape index (κ3) is 2.16. The van der Waals surface area contributed by atoms with Gasteiger partial charge in [0.1, 0.15) is 23.3 Å². The topological polar surface area (TPSA) is 59.2 Å². The van der Waals surface area contributed by atoms with Crippen LogP contribution in [0.2, 0.25) is 0 Å². The summed E-state index contributed by atoms with van der Waals surface area (Å²) in [5.41, 5.74) is -0.380. The molecule has 0 bridgehead atoms. The summed E-state index contributed by atoms with van der Waals surface area (Å²) < 4.78 is 31.5. The molecule has 90 valence electrons. The maximum absolute atomic E-state index is 13.4. The van der Waals surface area contributed by atoms with Crippen LogP contribution in [0.4, 0.5) is 8.78 Å². The summed E-state index contributed by atoms with van der Waals surface area (Å²) in [7, 11) is 0. The number of aromatic nitrogens is 2. The molecule has 4 nitrogen and oxygen atoms in total. The van der Waals surface area contributed by atoms with Gasteiger partial charge in [0.05, 0.1) is 0 Å². The highest BCUT2D eigenvalue weighted by atomic mass is 19.1. The van der Waals surface area contributed by atoms with E-state index < -0.39 is 17.7 Å². The number of hydrogen-bond acceptors (Lipinski definition) is 4. The maximum atomic E-state index is 13.4. The Balaban J connectivity index is 2.44. The Morgan fingerprint density at radius 1 is 1.35 bits per heavy atom. The average Bonchev–Trinajstić information content (AvgIpc) is 2.77. The molecule has 1 N–H and O–H groups in total. The third-order valence-electron chi connectivity index (χ3n) is 2.30. The molecule has 0 fully saturated rings. The first-order chi connectivity index (χ1) is 8.13. The van der Waals surface area contributed by atoms with Gasteiger partial charge in [-0.3, -0.25) is 0 Å². The van der Waals surface area contributed by atoms with E-state index in [0.717, 1.165) is 12.1 Å². The lowest BCUT2D eigenvalue weighted by atomic mass is 10.2. The molecule has 1 heterocycles. The molecule has 2 aromatic rings. The number of aliphatic hydroxyl groups excluding tert-OH is 1. The zero-order chi connectivity index (χ0) is 12.4. The molecule has 0 saturated heterocycles. The second-order valence-corrected chi connectivity index (χ2v) is 3.48. The Morgan fingerprint density at radius 2 is 2.00 bits per heavy atom. The standard InChI is InChI=1S/C11H10F2N2O2/c1-2-8(16)10-14-11(17-15-10)9-6(12)4-3-5-7(9)13/h3-5,8,16H,2H2,1H3. The van der Waals surface area contributed by atoms with Gasteiger partial charge >= 0.3 is 0 Å². The summed E-state index contributed by atoms with van der Waals surface area (Å²) in [6.45, 7) is 1.73. The van der Waals surface area contributed by atoms with Crippen molar-refractivity contribution < 1.29 is 18.4 Å². The Morgan fingerprint density at radius 3 is 2.59 bits per heavy atom. The van der Waals surface area contributed by atoms with E-state index >= 15 is 0 Å². The van der Waals surface area contributed by atoms with Crippen molar-refractivity contribution >= 4 is 0 Å². The lowest BCUT2D eigenvalue weighted by Gasteiger charge is -1.99. The van der Waals surface area contributed by atoms with Crippen molar-refractivity contribution in [2.45, 2.75) is 19.4 Å². The van der Waals surface area contributed by atoms with Crippen LogP contribution in [-0.2, 0) is 0 Å². The quantitative estimate of drug-likeness (QED) is 0.895. The van der Waals surface area contributed by atoms with Crippen molar-refractivity contribution in [3.05, 3.63) is 35.7 Å². The molecule has 0 spiro atoms. The van der Waals surface area contributed by atoms with E-state index in [2.05, 4.69) is 10.1 Å². The molecule has 6 heteroatoms. The van der Waals surface area contributed by atoms with Crippen molar-refractivity contribution in [3.63, 3.8) is 0 Å². The first kappa shape index (κ1) is 11.7. The van der Waals surface area contributed by atoms with Gasteiger partial charge < -0.3 is 9.63 Å². The van der Waals surface area contributed by atoms with Crippen LogP contribution in [0.5, 0.6) is 0 Å². The average molecular weight is 240 g/mol. The minimum Gasteiger partial charge on any atom is -0.385 e. The van der Waals surface area contributed by atoms with Crippen molar-refractivity contribution in [1.29, 1.82) is 0 Å². The Hall–Kier alpha value is -1.82. The Kier molecular flexibility index (Phi) is 3.14. The predicted octanol–water partition coefficient (Wildman–Crippen LogP) is 2.46. The zero-order valence-corrected chi connectivity index (χ0v) is 9.02. The van der Waals surface area contributed by atoms with Gasteiger partial charge in [0.15, 0.2) is 0 Å². The summed E-state index contributed by atoms with van der Waals surface area (Å²) >= 11 is 0. The number of benzene rings is 1. The smallest absolute Gasteiger partial charge is 0.263 e. The fourth-order valence-corrected chi connectivity index (χ4v) is 1.36. The minimum absolute atomic E-state index is 0.0187.